The molecule has 1 aromatic carbocycles. The van der Waals surface area contributed by atoms with Gasteiger partial charge in [0.25, 0.3) is 5.91 Å². The molecule has 6 heteroatoms. The average Bonchev–Trinajstić information content (AvgIpc) is 2.88. The molecule has 0 bridgehead atoms. The highest BCUT2D eigenvalue weighted by Gasteiger charge is 2.20. The highest BCUT2D eigenvalue weighted by Crippen LogP contribution is 2.33. The van der Waals surface area contributed by atoms with Crippen LogP contribution in [0.5, 0.6) is 0 Å². The van der Waals surface area contributed by atoms with Crippen LogP contribution in [-0.2, 0) is 10.5 Å². The Kier molecular flexibility index (Phi) is 4.80. The van der Waals surface area contributed by atoms with Gasteiger partial charge in [0.15, 0.2) is 0 Å². The zero-order valence-corrected chi connectivity index (χ0v) is 13.6. The normalized spacial score (nSPS) is 16.2. The van der Waals surface area contributed by atoms with Crippen LogP contribution >= 0.6 is 23.1 Å². The number of hydrazine groups is 1. The van der Waals surface area contributed by atoms with E-state index in [0.29, 0.717) is 13.2 Å². The van der Waals surface area contributed by atoms with Crippen LogP contribution in [0.4, 0.5) is 0 Å². The van der Waals surface area contributed by atoms with Crippen LogP contribution in [0.2, 0.25) is 0 Å². The number of benzene rings is 1. The van der Waals surface area contributed by atoms with E-state index in [0.717, 1.165) is 29.3 Å². The summed E-state index contributed by atoms with van der Waals surface area (Å²) in [4.78, 5) is 13.4. The lowest BCUT2D eigenvalue weighted by Crippen LogP contribution is -2.48. The quantitative estimate of drug-likeness (QED) is 0.940. The van der Waals surface area contributed by atoms with Crippen molar-refractivity contribution in [2.75, 3.05) is 32.6 Å². The summed E-state index contributed by atoms with van der Waals surface area (Å²) in [5.74, 6) is 0.859. The lowest BCUT2D eigenvalue weighted by Gasteiger charge is -2.26. The maximum Gasteiger partial charge on any atom is 0.275 e. The molecule has 1 aliphatic rings. The van der Waals surface area contributed by atoms with Crippen LogP contribution in [0.1, 0.15) is 15.2 Å². The molecule has 1 saturated heterocycles. The van der Waals surface area contributed by atoms with Crippen molar-refractivity contribution in [3.05, 3.63) is 34.7 Å². The van der Waals surface area contributed by atoms with Crippen molar-refractivity contribution < 1.29 is 9.53 Å². The second-order valence-corrected chi connectivity index (χ2v) is 6.80. The lowest BCUT2D eigenvalue weighted by molar-refractivity contribution is 0.0127. The van der Waals surface area contributed by atoms with E-state index in [1.165, 1.54) is 10.1 Å². The molecule has 0 aliphatic carbocycles. The molecule has 2 aromatic rings. The molecule has 0 unspecified atom stereocenters. The van der Waals surface area contributed by atoms with E-state index in [9.17, 15) is 4.79 Å². The highest BCUT2D eigenvalue weighted by atomic mass is 32.2. The van der Waals surface area contributed by atoms with E-state index in [1.54, 1.807) is 23.1 Å². The fourth-order valence-corrected chi connectivity index (χ4v) is 4.23. The number of nitrogens with one attached hydrogen (secondary N) is 1. The van der Waals surface area contributed by atoms with Gasteiger partial charge in [-0.1, -0.05) is 18.2 Å². The largest absolute Gasteiger partial charge is 0.379 e. The SMILES string of the molecule is CSCc1c(C(=O)NN2CCOCC2)sc2ccccc12. The van der Waals surface area contributed by atoms with Crippen LogP contribution < -0.4 is 5.43 Å². The number of morpholine rings is 1. The zero-order valence-electron chi connectivity index (χ0n) is 11.9. The first kappa shape index (κ1) is 14.8. The van der Waals surface area contributed by atoms with Crippen molar-refractivity contribution in [3.63, 3.8) is 0 Å². The fourth-order valence-electron chi connectivity index (χ4n) is 2.44. The Balaban J connectivity index is 1.87. The molecular weight excluding hydrogens is 304 g/mol. The molecule has 2 heterocycles. The Bertz CT molecular complexity index is 636. The number of carbonyl (C=O) groups excluding carboxylic acids is 1. The fraction of sp³-hybridized carbons (Fsp3) is 0.400. The van der Waals surface area contributed by atoms with Crippen LogP contribution in [0, 0.1) is 0 Å². The number of nitrogens with zero attached hydrogens (tertiary/aromatic N) is 1. The third-order valence-corrected chi connectivity index (χ3v) is 5.25. The van der Waals surface area contributed by atoms with E-state index >= 15 is 0 Å². The third kappa shape index (κ3) is 3.23. The van der Waals surface area contributed by atoms with Crippen molar-refractivity contribution >= 4 is 39.1 Å². The van der Waals surface area contributed by atoms with Gasteiger partial charge in [0.1, 0.15) is 0 Å². The van der Waals surface area contributed by atoms with E-state index < -0.39 is 0 Å². The first-order valence-corrected chi connectivity index (χ1v) is 9.13. The maximum absolute atomic E-state index is 12.6. The van der Waals surface area contributed by atoms with Gasteiger partial charge in [-0.15, -0.1) is 11.3 Å². The first-order valence-electron chi connectivity index (χ1n) is 6.92. The van der Waals surface area contributed by atoms with Gasteiger partial charge in [-0.2, -0.15) is 11.8 Å². The van der Waals surface area contributed by atoms with Crippen LogP contribution in [0.25, 0.3) is 10.1 Å². The zero-order chi connectivity index (χ0) is 14.7. The third-order valence-electron chi connectivity index (χ3n) is 3.46. The highest BCUT2D eigenvalue weighted by molar-refractivity contribution is 7.97. The molecule has 0 spiro atoms. The molecule has 21 heavy (non-hydrogen) atoms. The van der Waals surface area contributed by atoms with Gasteiger partial charge in [-0.3, -0.25) is 10.2 Å². The summed E-state index contributed by atoms with van der Waals surface area (Å²) < 4.78 is 6.48. The molecule has 0 atom stereocenters. The van der Waals surface area contributed by atoms with Gasteiger partial charge in [0.05, 0.1) is 18.1 Å². The van der Waals surface area contributed by atoms with Gasteiger partial charge < -0.3 is 4.74 Å². The number of carbonyl (C=O) groups is 1. The number of rotatable bonds is 4. The molecule has 1 aliphatic heterocycles. The molecule has 1 N–H and O–H groups in total. The summed E-state index contributed by atoms with van der Waals surface area (Å²) in [5, 5.41) is 3.14. The predicted octanol–water partition coefficient (Wildman–Crippen LogP) is 2.74. The van der Waals surface area contributed by atoms with E-state index in [2.05, 4.69) is 23.8 Å². The summed E-state index contributed by atoms with van der Waals surface area (Å²) in [7, 11) is 0. The summed E-state index contributed by atoms with van der Waals surface area (Å²) in [6, 6.07) is 8.23. The summed E-state index contributed by atoms with van der Waals surface area (Å²) in [6.07, 6.45) is 2.07. The smallest absolute Gasteiger partial charge is 0.275 e. The summed E-state index contributed by atoms with van der Waals surface area (Å²) in [6.45, 7) is 2.83. The van der Waals surface area contributed by atoms with Crippen LogP contribution in [0.3, 0.4) is 0 Å². The molecule has 4 nitrogen and oxygen atoms in total. The minimum atomic E-state index is 0.00199. The lowest BCUT2D eigenvalue weighted by atomic mass is 10.1. The average molecular weight is 322 g/mol. The Morgan fingerprint density at radius 1 is 1.38 bits per heavy atom. The Labute approximate surface area is 132 Å². The predicted molar refractivity (Wildman–Crippen MR) is 88.9 cm³/mol. The molecular formula is C15H18N2O2S2. The molecule has 1 aromatic heterocycles. The molecule has 0 saturated carbocycles. The van der Waals surface area contributed by atoms with Gasteiger partial charge in [-0.25, -0.2) is 5.01 Å². The van der Waals surface area contributed by atoms with Crippen molar-refractivity contribution in [1.82, 2.24) is 10.4 Å². The molecule has 112 valence electrons. The summed E-state index contributed by atoms with van der Waals surface area (Å²) >= 11 is 3.32. The van der Waals surface area contributed by atoms with E-state index in [1.807, 2.05) is 17.1 Å². The number of amides is 1. The molecule has 0 radical (unpaired) electrons. The maximum atomic E-state index is 12.6. The van der Waals surface area contributed by atoms with Crippen molar-refractivity contribution in [1.29, 1.82) is 0 Å². The minimum absolute atomic E-state index is 0.00199. The van der Waals surface area contributed by atoms with Gasteiger partial charge in [0, 0.05) is 23.5 Å². The van der Waals surface area contributed by atoms with E-state index in [4.69, 9.17) is 4.74 Å². The monoisotopic (exact) mass is 322 g/mol. The second kappa shape index (κ2) is 6.79. The Hall–Kier alpha value is -1.08. The molecule has 1 amide bonds. The number of thioether (sulfide) groups is 1. The van der Waals surface area contributed by atoms with Gasteiger partial charge in [-0.05, 0) is 23.3 Å². The van der Waals surface area contributed by atoms with E-state index in [-0.39, 0.29) is 5.91 Å². The molecule has 1 fully saturated rings. The number of hydrogen-bond donors (Lipinski definition) is 1. The van der Waals surface area contributed by atoms with Gasteiger partial charge in [0.2, 0.25) is 0 Å². The van der Waals surface area contributed by atoms with Crippen molar-refractivity contribution in [2.24, 2.45) is 0 Å². The summed E-state index contributed by atoms with van der Waals surface area (Å²) in [5.41, 5.74) is 4.16. The van der Waals surface area contributed by atoms with Crippen LogP contribution in [-0.4, -0.2) is 43.5 Å². The van der Waals surface area contributed by atoms with Gasteiger partial charge >= 0.3 is 0 Å². The van der Waals surface area contributed by atoms with Crippen molar-refractivity contribution in [3.8, 4) is 0 Å². The Morgan fingerprint density at radius 2 is 2.14 bits per heavy atom. The van der Waals surface area contributed by atoms with Crippen LogP contribution in [0.15, 0.2) is 24.3 Å². The number of thiophene rings is 1. The number of ether oxygens (including phenoxy) is 1. The van der Waals surface area contributed by atoms with Crippen molar-refractivity contribution in [2.45, 2.75) is 5.75 Å². The number of hydrogen-bond acceptors (Lipinski definition) is 5. The second-order valence-electron chi connectivity index (χ2n) is 4.88. The standard InChI is InChI=1S/C15H18N2O2S2/c1-20-10-12-11-4-2-3-5-13(11)21-14(12)15(18)16-17-6-8-19-9-7-17/h2-5H,6-10H2,1H3,(H,16,18). The Morgan fingerprint density at radius 3 is 2.90 bits per heavy atom. The number of fused-ring (bicyclic) bond motifs is 1. The molecule has 3 rings (SSSR count). The first-order chi connectivity index (χ1) is 10.3. The minimum Gasteiger partial charge on any atom is -0.379 e. The topological polar surface area (TPSA) is 41.6 Å².